The third kappa shape index (κ3) is 2.31. The minimum absolute atomic E-state index is 0.0147. The molecule has 3 atom stereocenters. The Labute approximate surface area is 93.8 Å². The lowest BCUT2D eigenvalue weighted by Crippen LogP contribution is -2.32. The zero-order valence-electron chi connectivity index (χ0n) is 8.08. The number of hydrogen-bond acceptors (Lipinski definition) is 2. The Hall–Kier alpha value is 0.390. The van der Waals surface area contributed by atoms with Crippen LogP contribution in [0, 0.1) is 17.8 Å². The molecular weight excluding hydrogens is 266 g/mol. The van der Waals surface area contributed by atoms with E-state index < -0.39 is 10.0 Å². The number of sulfonamides is 1. The second kappa shape index (κ2) is 4.10. The van der Waals surface area contributed by atoms with Crippen LogP contribution in [0.5, 0.6) is 0 Å². The molecule has 3 nitrogen and oxygen atoms in total. The number of fused-ring (bicyclic) bond motifs is 2. The molecule has 2 aliphatic rings. The molecule has 0 amide bonds. The van der Waals surface area contributed by atoms with Crippen molar-refractivity contribution in [3.8, 4) is 0 Å². The highest BCUT2D eigenvalue weighted by Gasteiger charge is 2.39. The van der Waals surface area contributed by atoms with Crippen LogP contribution in [0.4, 0.5) is 0 Å². The van der Waals surface area contributed by atoms with Gasteiger partial charge in [-0.25, -0.2) is 13.1 Å². The van der Waals surface area contributed by atoms with Crippen molar-refractivity contribution in [3.05, 3.63) is 0 Å². The van der Waals surface area contributed by atoms with E-state index in [1.807, 2.05) is 0 Å². The highest BCUT2D eigenvalue weighted by molar-refractivity contribution is 9.10. The normalized spacial score (nSPS) is 36.5. The van der Waals surface area contributed by atoms with Crippen molar-refractivity contribution in [2.75, 3.05) is 11.2 Å². The lowest BCUT2D eigenvalue weighted by molar-refractivity contribution is 0.333. The largest absolute Gasteiger partial charge is 0.221 e. The number of nitrogens with one attached hydrogen (secondary N) is 1. The van der Waals surface area contributed by atoms with Crippen molar-refractivity contribution < 1.29 is 8.42 Å². The highest BCUT2D eigenvalue weighted by atomic mass is 79.9. The topological polar surface area (TPSA) is 46.2 Å². The first-order valence-electron chi connectivity index (χ1n) is 5.14. The monoisotopic (exact) mass is 281 g/mol. The maximum atomic E-state index is 11.2. The van der Waals surface area contributed by atoms with Crippen LogP contribution in [0.15, 0.2) is 0 Å². The van der Waals surface area contributed by atoms with Crippen LogP contribution in [0.1, 0.15) is 25.7 Å². The van der Waals surface area contributed by atoms with Crippen LogP contribution < -0.4 is 4.72 Å². The van der Waals surface area contributed by atoms with Crippen molar-refractivity contribution in [2.45, 2.75) is 25.7 Å². The first-order valence-corrected chi connectivity index (χ1v) is 7.91. The van der Waals surface area contributed by atoms with E-state index in [0.29, 0.717) is 12.5 Å². The molecule has 14 heavy (non-hydrogen) atoms. The maximum Gasteiger partial charge on any atom is 0.221 e. The average molecular weight is 282 g/mol. The van der Waals surface area contributed by atoms with Crippen molar-refractivity contribution in [1.29, 1.82) is 0 Å². The van der Waals surface area contributed by atoms with E-state index in [2.05, 4.69) is 20.7 Å². The number of halogens is 1. The fourth-order valence-corrected chi connectivity index (χ4v) is 3.93. The van der Waals surface area contributed by atoms with Gasteiger partial charge in [-0.3, -0.25) is 0 Å². The van der Waals surface area contributed by atoms with E-state index in [4.69, 9.17) is 0 Å². The van der Waals surface area contributed by atoms with E-state index in [1.165, 1.54) is 25.7 Å². The Morgan fingerprint density at radius 1 is 1.29 bits per heavy atom. The number of rotatable bonds is 4. The Morgan fingerprint density at radius 3 is 2.57 bits per heavy atom. The molecule has 0 aromatic carbocycles. The molecule has 0 aromatic heterocycles. The van der Waals surface area contributed by atoms with Gasteiger partial charge in [-0.2, -0.15) is 0 Å². The molecule has 0 aliphatic heterocycles. The quantitative estimate of drug-likeness (QED) is 0.798. The van der Waals surface area contributed by atoms with E-state index in [1.54, 1.807) is 0 Å². The van der Waals surface area contributed by atoms with E-state index >= 15 is 0 Å². The summed E-state index contributed by atoms with van der Waals surface area (Å²) in [4.78, 5) is 0. The summed E-state index contributed by atoms with van der Waals surface area (Å²) in [6.07, 6.45) is 5.24. The van der Waals surface area contributed by atoms with Gasteiger partial charge in [-0.15, -0.1) is 0 Å². The summed E-state index contributed by atoms with van der Waals surface area (Å²) >= 11 is 2.97. The van der Waals surface area contributed by atoms with Gasteiger partial charge in [0.05, 0.1) is 0 Å². The second-order valence-corrected chi connectivity index (χ2v) is 7.62. The molecule has 82 valence electrons. The summed E-state index contributed by atoms with van der Waals surface area (Å²) < 4.78 is 25.1. The van der Waals surface area contributed by atoms with Gasteiger partial charge in [0, 0.05) is 6.54 Å². The van der Waals surface area contributed by atoms with Crippen LogP contribution in [0.25, 0.3) is 0 Å². The molecule has 0 aromatic rings. The second-order valence-electron chi connectivity index (χ2n) is 4.51. The Balaban J connectivity index is 1.82. The van der Waals surface area contributed by atoms with Gasteiger partial charge in [0.15, 0.2) is 0 Å². The molecule has 0 radical (unpaired) electrons. The summed E-state index contributed by atoms with van der Waals surface area (Å²) in [5, 5.41) is 0. The number of alkyl halides is 1. The summed E-state index contributed by atoms with van der Waals surface area (Å²) in [6.45, 7) is 0.648. The summed E-state index contributed by atoms with van der Waals surface area (Å²) in [5.41, 5.74) is 0. The Morgan fingerprint density at radius 2 is 2.07 bits per heavy atom. The van der Waals surface area contributed by atoms with Gasteiger partial charge in [0.2, 0.25) is 10.0 Å². The smallest absolute Gasteiger partial charge is 0.214 e. The van der Waals surface area contributed by atoms with Crippen molar-refractivity contribution in [3.63, 3.8) is 0 Å². The van der Waals surface area contributed by atoms with Gasteiger partial charge in [0.25, 0.3) is 0 Å². The third-order valence-corrected chi connectivity index (χ3v) is 6.30. The lowest BCUT2D eigenvalue weighted by atomic mass is 9.89. The summed E-state index contributed by atoms with van der Waals surface area (Å²) in [7, 11) is -3.06. The minimum Gasteiger partial charge on any atom is -0.214 e. The molecule has 0 heterocycles. The van der Waals surface area contributed by atoms with Gasteiger partial charge in [0.1, 0.15) is 4.66 Å². The fraction of sp³-hybridized carbons (Fsp3) is 1.00. The molecule has 2 rings (SSSR count). The molecule has 2 aliphatic carbocycles. The lowest BCUT2D eigenvalue weighted by Gasteiger charge is -2.21. The van der Waals surface area contributed by atoms with Crippen LogP contribution in [-0.2, 0) is 10.0 Å². The van der Waals surface area contributed by atoms with Crippen molar-refractivity contribution in [2.24, 2.45) is 17.8 Å². The first kappa shape index (κ1) is 10.9. The number of hydrogen-bond donors (Lipinski definition) is 1. The van der Waals surface area contributed by atoms with Crippen LogP contribution in [0.3, 0.4) is 0 Å². The van der Waals surface area contributed by atoms with E-state index in [-0.39, 0.29) is 4.66 Å². The molecule has 0 spiro atoms. The first-order chi connectivity index (χ1) is 6.61. The predicted octanol–water partition coefficient (Wildman–Crippen LogP) is 1.69. The van der Waals surface area contributed by atoms with Crippen molar-refractivity contribution >= 4 is 26.0 Å². The molecule has 1 N–H and O–H groups in total. The molecule has 5 heteroatoms. The zero-order valence-corrected chi connectivity index (χ0v) is 10.5. The van der Waals surface area contributed by atoms with Crippen molar-refractivity contribution in [1.82, 2.24) is 4.72 Å². The van der Waals surface area contributed by atoms with Gasteiger partial charge in [-0.05, 0) is 37.0 Å². The van der Waals surface area contributed by atoms with E-state index in [9.17, 15) is 8.42 Å². The molecule has 2 bridgehead atoms. The van der Waals surface area contributed by atoms with Crippen LogP contribution in [0.2, 0.25) is 0 Å². The van der Waals surface area contributed by atoms with E-state index in [0.717, 1.165) is 11.8 Å². The third-order valence-electron chi connectivity index (χ3n) is 3.59. The maximum absolute atomic E-state index is 11.2. The SMILES string of the molecule is O=S(=O)(CBr)NCC1CC2CCC1C2. The molecule has 3 unspecified atom stereocenters. The predicted molar refractivity (Wildman–Crippen MR) is 59.7 cm³/mol. The van der Waals surface area contributed by atoms with Gasteiger partial charge >= 0.3 is 0 Å². The zero-order chi connectivity index (χ0) is 10.2. The standard InChI is InChI=1S/C9H16BrNO2S/c10-6-14(12,13)11-5-9-4-7-1-2-8(9)3-7/h7-9,11H,1-6H2. The van der Waals surface area contributed by atoms with Gasteiger partial charge < -0.3 is 0 Å². The molecular formula is C9H16BrNO2S. The Bertz CT molecular complexity index is 304. The Kier molecular flexibility index (Phi) is 3.19. The summed E-state index contributed by atoms with van der Waals surface area (Å²) in [6, 6.07) is 0. The summed E-state index contributed by atoms with van der Waals surface area (Å²) in [5.74, 6) is 2.28. The minimum atomic E-state index is -3.06. The molecule has 2 saturated carbocycles. The van der Waals surface area contributed by atoms with Gasteiger partial charge in [-0.1, -0.05) is 22.4 Å². The highest BCUT2D eigenvalue weighted by Crippen LogP contribution is 2.47. The fourth-order valence-electron chi connectivity index (χ4n) is 2.90. The molecule has 2 fully saturated rings. The molecule has 0 saturated heterocycles. The average Bonchev–Trinajstić information content (AvgIpc) is 2.76. The van der Waals surface area contributed by atoms with Crippen LogP contribution >= 0.6 is 15.9 Å². The van der Waals surface area contributed by atoms with Crippen LogP contribution in [-0.4, -0.2) is 19.6 Å².